The van der Waals surface area contributed by atoms with Crippen LogP contribution in [0.5, 0.6) is 0 Å². The van der Waals surface area contributed by atoms with Crippen LogP contribution in [-0.4, -0.2) is 31.1 Å². The van der Waals surface area contributed by atoms with Gasteiger partial charge in [0.05, 0.1) is 11.3 Å². The highest BCUT2D eigenvalue weighted by molar-refractivity contribution is 7.99. The van der Waals surface area contributed by atoms with Gasteiger partial charge >= 0.3 is 0 Å². The standard InChI is InChI=1S/C18H17ClN4OS/c1-2-7-25-18-21-17-20-10-14-15(23(17)22-18)8-12(9-16(14)24)11-3-5-13(19)6-4-11/h3-6,10,12H,2,7-9H2,1H3. The largest absolute Gasteiger partial charge is 0.294 e. The van der Waals surface area contributed by atoms with E-state index in [0.29, 0.717) is 27.9 Å². The fraction of sp³-hybridized carbons (Fsp3) is 0.333. The van der Waals surface area contributed by atoms with Crippen molar-refractivity contribution in [2.75, 3.05) is 5.75 Å². The number of Topliss-reactive ketones (excluding diaryl/α,β-unsaturated/α-hetero) is 1. The number of aromatic nitrogens is 4. The zero-order valence-electron chi connectivity index (χ0n) is 13.8. The maximum atomic E-state index is 12.6. The van der Waals surface area contributed by atoms with Crippen molar-refractivity contribution in [3.8, 4) is 0 Å². The lowest BCUT2D eigenvalue weighted by Gasteiger charge is -2.23. The molecule has 1 aromatic carbocycles. The molecule has 4 rings (SSSR count). The van der Waals surface area contributed by atoms with Crippen LogP contribution in [0.3, 0.4) is 0 Å². The van der Waals surface area contributed by atoms with Gasteiger partial charge in [-0.15, -0.1) is 5.10 Å². The third-order valence-electron chi connectivity index (χ3n) is 4.39. The number of hydrogen-bond donors (Lipinski definition) is 0. The van der Waals surface area contributed by atoms with Crippen LogP contribution in [0.2, 0.25) is 5.02 Å². The van der Waals surface area contributed by atoms with Crippen molar-refractivity contribution in [3.05, 3.63) is 52.3 Å². The van der Waals surface area contributed by atoms with Crippen LogP contribution in [0, 0.1) is 0 Å². The Labute approximate surface area is 154 Å². The highest BCUT2D eigenvalue weighted by Crippen LogP contribution is 2.33. The minimum absolute atomic E-state index is 0.105. The van der Waals surface area contributed by atoms with Gasteiger partial charge in [-0.2, -0.15) is 9.50 Å². The lowest BCUT2D eigenvalue weighted by Crippen LogP contribution is -2.22. The average molecular weight is 373 g/mol. The molecule has 1 unspecified atom stereocenters. The van der Waals surface area contributed by atoms with Gasteiger partial charge < -0.3 is 0 Å². The summed E-state index contributed by atoms with van der Waals surface area (Å²) in [5.41, 5.74) is 2.68. The highest BCUT2D eigenvalue weighted by atomic mass is 35.5. The Bertz CT molecular complexity index is 938. The molecule has 5 nitrogen and oxygen atoms in total. The molecule has 2 heterocycles. The second kappa shape index (κ2) is 6.77. The molecule has 3 aromatic rings. The summed E-state index contributed by atoms with van der Waals surface area (Å²) in [6.07, 6.45) is 3.92. The Balaban J connectivity index is 1.73. The first-order chi connectivity index (χ1) is 12.2. The summed E-state index contributed by atoms with van der Waals surface area (Å²) >= 11 is 7.60. The Morgan fingerprint density at radius 3 is 2.84 bits per heavy atom. The van der Waals surface area contributed by atoms with Gasteiger partial charge in [-0.1, -0.05) is 42.4 Å². The molecule has 0 fully saturated rings. The highest BCUT2D eigenvalue weighted by Gasteiger charge is 2.29. The molecule has 25 heavy (non-hydrogen) atoms. The number of nitrogens with zero attached hydrogens (tertiary/aromatic N) is 4. The second-order valence-corrected chi connectivity index (χ2v) is 7.65. The third kappa shape index (κ3) is 3.16. The molecular formula is C18H17ClN4OS. The van der Waals surface area contributed by atoms with Gasteiger partial charge in [0, 0.05) is 23.4 Å². The summed E-state index contributed by atoms with van der Waals surface area (Å²) in [4.78, 5) is 21.4. The second-order valence-electron chi connectivity index (χ2n) is 6.15. The van der Waals surface area contributed by atoms with Crippen molar-refractivity contribution in [1.82, 2.24) is 19.6 Å². The maximum Gasteiger partial charge on any atom is 0.253 e. The summed E-state index contributed by atoms with van der Waals surface area (Å²) in [7, 11) is 0. The number of thioether (sulfide) groups is 1. The van der Waals surface area contributed by atoms with Crippen LogP contribution in [0.25, 0.3) is 5.78 Å². The number of carbonyl (C=O) groups excluding carboxylic acids is 1. The van der Waals surface area contributed by atoms with Gasteiger partial charge in [0.1, 0.15) is 0 Å². The van der Waals surface area contributed by atoms with Crippen molar-refractivity contribution in [1.29, 1.82) is 0 Å². The lowest BCUT2D eigenvalue weighted by molar-refractivity contribution is 0.0962. The molecular weight excluding hydrogens is 356 g/mol. The topological polar surface area (TPSA) is 60.1 Å². The van der Waals surface area contributed by atoms with E-state index in [1.807, 2.05) is 24.3 Å². The van der Waals surface area contributed by atoms with Gasteiger partial charge in [0.25, 0.3) is 5.78 Å². The smallest absolute Gasteiger partial charge is 0.253 e. The van der Waals surface area contributed by atoms with E-state index in [9.17, 15) is 4.79 Å². The van der Waals surface area contributed by atoms with Crippen molar-refractivity contribution in [2.24, 2.45) is 0 Å². The van der Waals surface area contributed by atoms with E-state index >= 15 is 0 Å². The van der Waals surface area contributed by atoms with Crippen LogP contribution in [0.1, 0.15) is 47.3 Å². The van der Waals surface area contributed by atoms with Crippen LogP contribution in [-0.2, 0) is 6.42 Å². The first-order valence-electron chi connectivity index (χ1n) is 8.32. The molecule has 2 aromatic heterocycles. The zero-order chi connectivity index (χ0) is 17.4. The molecule has 1 aliphatic carbocycles. The molecule has 0 aliphatic heterocycles. The van der Waals surface area contributed by atoms with E-state index in [4.69, 9.17) is 11.6 Å². The molecule has 128 valence electrons. The normalized spacial score (nSPS) is 17.0. The predicted molar refractivity (Wildman–Crippen MR) is 98.6 cm³/mol. The van der Waals surface area contributed by atoms with E-state index < -0.39 is 0 Å². The van der Waals surface area contributed by atoms with Gasteiger partial charge in [-0.05, 0) is 36.5 Å². The van der Waals surface area contributed by atoms with Gasteiger partial charge in [0.2, 0.25) is 5.16 Å². The minimum atomic E-state index is 0.105. The number of halogens is 1. The molecule has 0 saturated carbocycles. The molecule has 7 heteroatoms. The van der Waals surface area contributed by atoms with Crippen LogP contribution < -0.4 is 0 Å². The number of rotatable bonds is 4. The molecule has 0 N–H and O–H groups in total. The van der Waals surface area contributed by atoms with Crippen LogP contribution in [0.4, 0.5) is 0 Å². The number of benzene rings is 1. The Hall–Kier alpha value is -1.92. The maximum absolute atomic E-state index is 12.6. The van der Waals surface area contributed by atoms with Crippen molar-refractivity contribution >= 4 is 34.9 Å². The fourth-order valence-electron chi connectivity index (χ4n) is 3.15. The number of ketones is 1. The van der Waals surface area contributed by atoms with Crippen molar-refractivity contribution in [2.45, 2.75) is 37.3 Å². The third-order valence-corrected chi connectivity index (χ3v) is 5.69. The molecule has 0 bridgehead atoms. The summed E-state index contributed by atoms with van der Waals surface area (Å²) in [6.45, 7) is 2.12. The van der Waals surface area contributed by atoms with E-state index in [1.54, 1.807) is 22.5 Å². The summed E-state index contributed by atoms with van der Waals surface area (Å²) in [5.74, 6) is 1.75. The first-order valence-corrected chi connectivity index (χ1v) is 9.68. The number of fused-ring (bicyclic) bond motifs is 3. The molecule has 1 atom stereocenters. The van der Waals surface area contributed by atoms with Crippen LogP contribution in [0.15, 0.2) is 35.6 Å². The number of carbonyl (C=O) groups is 1. The molecule has 0 spiro atoms. The average Bonchev–Trinajstić information content (AvgIpc) is 3.04. The Morgan fingerprint density at radius 2 is 2.08 bits per heavy atom. The lowest BCUT2D eigenvalue weighted by atomic mass is 9.82. The molecule has 0 amide bonds. The predicted octanol–water partition coefficient (Wildman–Crippen LogP) is 4.19. The summed E-state index contributed by atoms with van der Waals surface area (Å²) in [5, 5.41) is 5.99. The zero-order valence-corrected chi connectivity index (χ0v) is 15.3. The summed E-state index contributed by atoms with van der Waals surface area (Å²) < 4.78 is 1.74. The molecule has 0 saturated heterocycles. The SMILES string of the molecule is CCCSc1nc2ncc3c(n2n1)CC(c1ccc(Cl)cc1)CC3=O. The number of hydrogen-bond acceptors (Lipinski definition) is 5. The van der Waals surface area contributed by atoms with Gasteiger partial charge in [0.15, 0.2) is 5.78 Å². The van der Waals surface area contributed by atoms with E-state index in [-0.39, 0.29) is 11.7 Å². The Morgan fingerprint density at radius 1 is 1.28 bits per heavy atom. The Kier molecular flexibility index (Phi) is 4.48. The van der Waals surface area contributed by atoms with Crippen LogP contribution >= 0.6 is 23.4 Å². The van der Waals surface area contributed by atoms with E-state index in [2.05, 4.69) is 22.0 Å². The van der Waals surface area contributed by atoms with Gasteiger partial charge in [-0.25, -0.2) is 4.98 Å². The monoisotopic (exact) mass is 372 g/mol. The van der Waals surface area contributed by atoms with E-state index in [0.717, 1.165) is 29.9 Å². The first kappa shape index (κ1) is 16.5. The molecule has 1 aliphatic rings. The van der Waals surface area contributed by atoms with E-state index in [1.165, 1.54) is 0 Å². The van der Waals surface area contributed by atoms with Gasteiger partial charge in [-0.3, -0.25) is 4.79 Å². The molecule has 0 radical (unpaired) electrons. The fourth-order valence-corrected chi connectivity index (χ4v) is 3.95. The van der Waals surface area contributed by atoms with Crippen molar-refractivity contribution < 1.29 is 4.79 Å². The minimum Gasteiger partial charge on any atom is -0.294 e. The van der Waals surface area contributed by atoms with Crippen molar-refractivity contribution in [3.63, 3.8) is 0 Å². The summed E-state index contributed by atoms with van der Waals surface area (Å²) in [6, 6.07) is 7.73. The quantitative estimate of drug-likeness (QED) is 0.642.